The highest BCUT2D eigenvalue weighted by Crippen LogP contribution is 2.24. The molecule has 1 aromatic carbocycles. The summed E-state index contributed by atoms with van der Waals surface area (Å²) in [7, 11) is -3.11. The van der Waals surface area contributed by atoms with Gasteiger partial charge in [0.05, 0.1) is 28.9 Å². The van der Waals surface area contributed by atoms with Crippen molar-refractivity contribution in [2.75, 3.05) is 18.1 Å². The lowest BCUT2D eigenvalue weighted by Gasteiger charge is -2.31. The maximum Gasteiger partial charge on any atom is 0.255 e. The second kappa shape index (κ2) is 5.61. The molecule has 6 nitrogen and oxygen atoms in total. The summed E-state index contributed by atoms with van der Waals surface area (Å²) in [6.07, 6.45) is 1.49. The van der Waals surface area contributed by atoms with Gasteiger partial charge in [-0.1, -0.05) is 0 Å². The normalized spacial score (nSPS) is 19.6. The number of furan rings is 1. The highest BCUT2D eigenvalue weighted by Gasteiger charge is 2.35. The zero-order chi connectivity index (χ0) is 16.7. The van der Waals surface area contributed by atoms with Gasteiger partial charge < -0.3 is 14.8 Å². The maximum absolute atomic E-state index is 13.6. The van der Waals surface area contributed by atoms with Crippen molar-refractivity contribution >= 4 is 26.7 Å². The predicted octanol–water partition coefficient (Wildman–Crippen LogP) is 1.24. The molecule has 0 spiro atoms. The van der Waals surface area contributed by atoms with E-state index in [1.165, 1.54) is 12.3 Å². The molecule has 0 saturated carbocycles. The van der Waals surface area contributed by atoms with Gasteiger partial charge in [-0.2, -0.15) is 0 Å². The van der Waals surface area contributed by atoms with Crippen molar-refractivity contribution in [3.63, 3.8) is 0 Å². The Labute approximate surface area is 132 Å². The largest absolute Gasteiger partial charge is 0.464 e. The summed E-state index contributed by atoms with van der Waals surface area (Å²) >= 11 is 0. The zero-order valence-corrected chi connectivity index (χ0v) is 13.0. The average Bonchev–Trinajstić information content (AvgIpc) is 2.96. The molecule has 0 unspecified atom stereocenters. The van der Waals surface area contributed by atoms with Gasteiger partial charge >= 0.3 is 0 Å². The minimum atomic E-state index is -3.11. The quantitative estimate of drug-likeness (QED) is 0.876. The molecule has 2 N–H and O–H groups in total. The Kier molecular flexibility index (Phi) is 3.89. The van der Waals surface area contributed by atoms with Crippen molar-refractivity contribution in [2.45, 2.75) is 18.4 Å². The first kappa shape index (κ1) is 15.9. The summed E-state index contributed by atoms with van der Waals surface area (Å²) in [5.74, 6) is -1.36. The Morgan fingerprint density at radius 2 is 2.04 bits per heavy atom. The van der Waals surface area contributed by atoms with Crippen LogP contribution >= 0.6 is 0 Å². The van der Waals surface area contributed by atoms with Crippen molar-refractivity contribution in [3.8, 4) is 0 Å². The molecule has 23 heavy (non-hydrogen) atoms. The molecule has 1 aliphatic rings. The van der Waals surface area contributed by atoms with Gasteiger partial charge in [0.15, 0.2) is 9.84 Å². The van der Waals surface area contributed by atoms with Gasteiger partial charge in [-0.05, 0) is 31.0 Å². The van der Waals surface area contributed by atoms with Gasteiger partial charge in [0.2, 0.25) is 0 Å². The fraction of sp³-hybridized carbons (Fsp3) is 0.400. The van der Waals surface area contributed by atoms with E-state index in [1.54, 1.807) is 6.07 Å². The molecule has 1 amide bonds. The number of hydrogen-bond donors (Lipinski definition) is 2. The summed E-state index contributed by atoms with van der Waals surface area (Å²) in [6.45, 7) is -0.0972. The molecule has 124 valence electrons. The number of benzene rings is 1. The van der Waals surface area contributed by atoms with Gasteiger partial charge in [-0.15, -0.1) is 0 Å². The van der Waals surface area contributed by atoms with Crippen LogP contribution < -0.4 is 5.32 Å². The van der Waals surface area contributed by atoms with E-state index in [4.69, 9.17) is 4.42 Å². The lowest BCUT2D eigenvalue weighted by molar-refractivity contribution is 0.0296. The molecule has 1 saturated heterocycles. The molecule has 2 heterocycles. The Morgan fingerprint density at radius 1 is 1.35 bits per heavy atom. The molecule has 0 atom stereocenters. The Bertz CT molecular complexity index is 844. The lowest BCUT2D eigenvalue weighted by atomic mass is 9.96. The van der Waals surface area contributed by atoms with E-state index < -0.39 is 27.2 Å². The number of sulfone groups is 1. The Morgan fingerprint density at radius 3 is 2.74 bits per heavy atom. The van der Waals surface area contributed by atoms with Crippen molar-refractivity contribution in [3.05, 3.63) is 35.8 Å². The number of amides is 1. The molecule has 8 heteroatoms. The highest BCUT2D eigenvalue weighted by atomic mass is 32.2. The first-order valence-electron chi connectivity index (χ1n) is 7.16. The number of halogens is 1. The molecule has 1 aromatic heterocycles. The van der Waals surface area contributed by atoms with Crippen LogP contribution in [0.2, 0.25) is 0 Å². The molecular formula is C15H16FNO5S. The standard InChI is InChI=1S/C15H16FNO5S/c16-11-7-10-1-4-22-13(10)12(8-11)14(18)17-9-15(19)2-5-23(20,21)6-3-15/h1,4,7-8,19H,2-3,5-6,9H2,(H,17,18). The molecule has 3 rings (SSSR count). The van der Waals surface area contributed by atoms with E-state index >= 15 is 0 Å². The summed E-state index contributed by atoms with van der Waals surface area (Å²) in [4.78, 5) is 12.3. The molecule has 0 bridgehead atoms. The van der Waals surface area contributed by atoms with Gasteiger partial charge in [0, 0.05) is 11.9 Å². The number of aliphatic hydroxyl groups is 1. The first-order valence-corrected chi connectivity index (χ1v) is 8.98. The van der Waals surface area contributed by atoms with Crippen molar-refractivity contribution < 1.29 is 27.1 Å². The van der Waals surface area contributed by atoms with E-state index in [-0.39, 0.29) is 42.0 Å². The van der Waals surface area contributed by atoms with E-state index in [1.807, 2.05) is 0 Å². The molecule has 0 aliphatic carbocycles. The predicted molar refractivity (Wildman–Crippen MR) is 81.3 cm³/mol. The Hall–Kier alpha value is -1.93. The highest BCUT2D eigenvalue weighted by molar-refractivity contribution is 7.91. The number of carbonyl (C=O) groups excluding carboxylic acids is 1. The van der Waals surface area contributed by atoms with Crippen LogP contribution in [0.4, 0.5) is 4.39 Å². The minimum absolute atomic E-state index is 0.0389. The lowest BCUT2D eigenvalue weighted by Crippen LogP contribution is -2.48. The van der Waals surface area contributed by atoms with Crippen molar-refractivity contribution in [2.24, 2.45) is 0 Å². The van der Waals surface area contributed by atoms with Crippen LogP contribution in [-0.2, 0) is 9.84 Å². The second-order valence-corrected chi connectivity index (χ2v) is 8.15. The number of hydrogen-bond acceptors (Lipinski definition) is 5. The van der Waals surface area contributed by atoms with Crippen LogP contribution in [0, 0.1) is 5.82 Å². The number of rotatable bonds is 3. The average molecular weight is 341 g/mol. The van der Waals surface area contributed by atoms with Crippen LogP contribution in [0.25, 0.3) is 11.0 Å². The minimum Gasteiger partial charge on any atom is -0.464 e. The third-order valence-corrected chi connectivity index (χ3v) is 5.75. The van der Waals surface area contributed by atoms with Gasteiger partial charge in [-0.3, -0.25) is 4.79 Å². The molecular weight excluding hydrogens is 325 g/mol. The molecule has 1 fully saturated rings. The third kappa shape index (κ3) is 3.37. The third-order valence-electron chi connectivity index (χ3n) is 4.10. The first-order chi connectivity index (χ1) is 10.8. The smallest absolute Gasteiger partial charge is 0.255 e. The van der Waals surface area contributed by atoms with E-state index in [0.717, 1.165) is 6.07 Å². The maximum atomic E-state index is 13.6. The summed E-state index contributed by atoms with van der Waals surface area (Å²) in [5.41, 5.74) is -0.963. The molecule has 1 aliphatic heterocycles. The fourth-order valence-corrected chi connectivity index (χ4v) is 4.23. The summed E-state index contributed by atoms with van der Waals surface area (Å²) < 4.78 is 41.6. The SMILES string of the molecule is O=C(NCC1(O)CCS(=O)(=O)CC1)c1cc(F)cc2ccoc12. The number of carbonyl (C=O) groups is 1. The Balaban J connectivity index is 1.73. The number of nitrogens with one attached hydrogen (secondary N) is 1. The second-order valence-electron chi connectivity index (χ2n) is 5.85. The van der Waals surface area contributed by atoms with Crippen molar-refractivity contribution in [1.29, 1.82) is 0 Å². The van der Waals surface area contributed by atoms with Crippen LogP contribution in [0.5, 0.6) is 0 Å². The fourth-order valence-electron chi connectivity index (χ4n) is 2.65. The van der Waals surface area contributed by atoms with Gasteiger partial charge in [-0.25, -0.2) is 12.8 Å². The van der Waals surface area contributed by atoms with E-state index in [9.17, 15) is 22.7 Å². The van der Waals surface area contributed by atoms with Crippen LogP contribution in [0.15, 0.2) is 28.9 Å². The monoisotopic (exact) mass is 341 g/mol. The summed E-state index contributed by atoms with van der Waals surface area (Å²) in [6, 6.07) is 3.88. The van der Waals surface area contributed by atoms with Gasteiger partial charge in [0.25, 0.3) is 5.91 Å². The van der Waals surface area contributed by atoms with Crippen LogP contribution in [0.3, 0.4) is 0 Å². The van der Waals surface area contributed by atoms with Crippen LogP contribution in [-0.4, -0.2) is 43.1 Å². The van der Waals surface area contributed by atoms with Crippen molar-refractivity contribution in [1.82, 2.24) is 5.32 Å². The summed E-state index contributed by atoms with van der Waals surface area (Å²) in [5, 5.41) is 13.4. The molecule has 0 radical (unpaired) electrons. The zero-order valence-electron chi connectivity index (χ0n) is 12.2. The topological polar surface area (TPSA) is 96.6 Å². The van der Waals surface area contributed by atoms with Gasteiger partial charge in [0.1, 0.15) is 11.4 Å². The molecule has 2 aromatic rings. The van der Waals surface area contributed by atoms with E-state index in [2.05, 4.69) is 5.32 Å². The van der Waals surface area contributed by atoms with E-state index in [0.29, 0.717) is 5.39 Å². The van der Waals surface area contributed by atoms with Crippen LogP contribution in [0.1, 0.15) is 23.2 Å². The number of fused-ring (bicyclic) bond motifs is 1.